The lowest BCUT2D eigenvalue weighted by molar-refractivity contribution is -0.154. The Labute approximate surface area is 77.1 Å². The van der Waals surface area contributed by atoms with Crippen LogP contribution in [-0.4, -0.2) is 17.3 Å². The lowest BCUT2D eigenvalue weighted by Crippen LogP contribution is -2.23. The molecule has 4 heteroatoms. The fourth-order valence-electron chi connectivity index (χ4n) is 0.573. The van der Waals surface area contributed by atoms with E-state index in [2.05, 4.69) is 0 Å². The Morgan fingerprint density at radius 3 is 2.58 bits per heavy atom. The monoisotopic (exact) mass is 187 g/mol. The minimum Gasteiger partial charge on any atom is -0.460 e. The smallest absolute Gasteiger partial charge is 0.307 e. The molecule has 0 unspecified atom stereocenters. The molecule has 0 aromatic rings. The first-order valence-electron chi connectivity index (χ1n) is 3.68. The van der Waals surface area contributed by atoms with Crippen LogP contribution in [0.2, 0.25) is 0 Å². The van der Waals surface area contributed by atoms with Gasteiger partial charge in [-0.15, -0.1) is 0 Å². The van der Waals surface area contributed by atoms with Crippen LogP contribution in [0.15, 0.2) is 0 Å². The van der Waals surface area contributed by atoms with Gasteiger partial charge in [0.15, 0.2) is 0 Å². The van der Waals surface area contributed by atoms with Crippen molar-refractivity contribution in [3.05, 3.63) is 0 Å². The van der Waals surface area contributed by atoms with Crippen LogP contribution in [0.1, 0.15) is 27.2 Å². The number of hydrogen-bond donors (Lipinski definition) is 0. The maximum Gasteiger partial charge on any atom is 0.307 e. The Hall–Kier alpha value is -0.690. The van der Waals surface area contributed by atoms with Crippen molar-refractivity contribution in [2.24, 2.45) is 0 Å². The van der Waals surface area contributed by atoms with E-state index >= 15 is 0 Å². The molecule has 0 saturated carbocycles. The average molecular weight is 187 g/mol. The van der Waals surface area contributed by atoms with Crippen molar-refractivity contribution in [2.45, 2.75) is 32.8 Å². The van der Waals surface area contributed by atoms with E-state index in [1.807, 2.05) is 26.2 Å². The SMILES string of the molecule is CC(C)(C)OC(=O)CCSC#N. The zero-order chi connectivity index (χ0) is 9.61. The summed E-state index contributed by atoms with van der Waals surface area (Å²) < 4.78 is 5.02. The van der Waals surface area contributed by atoms with Crippen molar-refractivity contribution in [3.8, 4) is 5.40 Å². The molecule has 0 amide bonds. The van der Waals surface area contributed by atoms with E-state index in [-0.39, 0.29) is 5.97 Å². The lowest BCUT2D eigenvalue weighted by atomic mass is 10.2. The maximum atomic E-state index is 11.0. The van der Waals surface area contributed by atoms with Gasteiger partial charge >= 0.3 is 5.97 Å². The van der Waals surface area contributed by atoms with Gasteiger partial charge in [-0.2, -0.15) is 5.26 Å². The van der Waals surface area contributed by atoms with E-state index in [0.717, 1.165) is 11.8 Å². The van der Waals surface area contributed by atoms with Crippen LogP contribution in [0.4, 0.5) is 0 Å². The quantitative estimate of drug-likeness (QED) is 0.385. The molecule has 0 radical (unpaired) electrons. The molecule has 12 heavy (non-hydrogen) atoms. The number of nitriles is 1. The molecular weight excluding hydrogens is 174 g/mol. The number of nitrogens with zero attached hydrogens (tertiary/aromatic N) is 1. The molecule has 0 heterocycles. The van der Waals surface area contributed by atoms with E-state index in [1.54, 1.807) is 0 Å². The van der Waals surface area contributed by atoms with E-state index < -0.39 is 5.60 Å². The van der Waals surface area contributed by atoms with Crippen molar-refractivity contribution in [1.29, 1.82) is 5.26 Å². The summed E-state index contributed by atoms with van der Waals surface area (Å²) in [5.74, 6) is 0.260. The highest BCUT2D eigenvalue weighted by atomic mass is 32.2. The zero-order valence-electron chi connectivity index (χ0n) is 7.59. The molecule has 0 N–H and O–H groups in total. The van der Waals surface area contributed by atoms with Crippen LogP contribution in [-0.2, 0) is 9.53 Å². The molecular formula is C8H13NO2S. The maximum absolute atomic E-state index is 11.0. The molecule has 68 valence electrons. The van der Waals surface area contributed by atoms with Gasteiger partial charge in [0.1, 0.15) is 11.0 Å². The molecule has 0 aliphatic carbocycles. The predicted octanol–water partition coefficient (Wildman–Crippen LogP) is 1.93. The summed E-state index contributed by atoms with van der Waals surface area (Å²) in [6.07, 6.45) is 0.301. The summed E-state index contributed by atoms with van der Waals surface area (Å²) in [5, 5.41) is 10.1. The molecule has 0 spiro atoms. The minimum atomic E-state index is -0.422. The standard InChI is InChI=1S/C8H13NO2S/c1-8(2,3)11-7(10)4-5-12-6-9/h4-5H2,1-3H3. The third-order valence-corrected chi connectivity index (χ3v) is 1.43. The van der Waals surface area contributed by atoms with Crippen LogP contribution in [0.25, 0.3) is 0 Å². The van der Waals surface area contributed by atoms with Crippen molar-refractivity contribution in [3.63, 3.8) is 0 Å². The molecule has 0 bridgehead atoms. The highest BCUT2D eigenvalue weighted by molar-refractivity contribution is 8.03. The molecule has 0 aliphatic heterocycles. The molecule has 0 rings (SSSR count). The Balaban J connectivity index is 3.56. The van der Waals surface area contributed by atoms with Crippen LogP contribution >= 0.6 is 11.8 Å². The fourth-order valence-corrected chi connectivity index (χ4v) is 0.933. The van der Waals surface area contributed by atoms with Gasteiger partial charge in [0, 0.05) is 5.75 Å². The topological polar surface area (TPSA) is 50.1 Å². The van der Waals surface area contributed by atoms with Gasteiger partial charge in [-0.1, -0.05) is 0 Å². The molecule has 0 saturated heterocycles. The second-order valence-corrected chi connectivity index (χ2v) is 4.16. The van der Waals surface area contributed by atoms with E-state index in [0.29, 0.717) is 12.2 Å². The highest BCUT2D eigenvalue weighted by Gasteiger charge is 2.15. The third-order valence-electron chi connectivity index (χ3n) is 0.893. The normalized spacial score (nSPS) is 10.5. The first kappa shape index (κ1) is 11.3. The molecule has 0 aromatic heterocycles. The van der Waals surface area contributed by atoms with Gasteiger partial charge in [0.2, 0.25) is 0 Å². The largest absolute Gasteiger partial charge is 0.460 e. The number of esters is 1. The summed E-state index contributed by atoms with van der Waals surface area (Å²) in [5.41, 5.74) is -0.422. The van der Waals surface area contributed by atoms with Gasteiger partial charge in [-0.25, -0.2) is 0 Å². The van der Waals surface area contributed by atoms with Gasteiger partial charge in [-0.05, 0) is 32.5 Å². The number of hydrogen-bond acceptors (Lipinski definition) is 4. The second kappa shape index (κ2) is 5.04. The average Bonchev–Trinajstić information content (AvgIpc) is 1.84. The molecule has 0 aliphatic rings. The number of thioether (sulfide) groups is 1. The Morgan fingerprint density at radius 2 is 2.17 bits per heavy atom. The van der Waals surface area contributed by atoms with Gasteiger partial charge in [0.05, 0.1) is 6.42 Å². The zero-order valence-corrected chi connectivity index (χ0v) is 8.40. The summed E-state index contributed by atoms with van der Waals surface area (Å²) in [6.45, 7) is 5.47. The second-order valence-electron chi connectivity index (χ2n) is 3.28. The Kier molecular flexibility index (Phi) is 4.75. The first-order chi connectivity index (χ1) is 5.45. The molecule has 0 fully saturated rings. The van der Waals surface area contributed by atoms with Crippen LogP contribution in [0.3, 0.4) is 0 Å². The molecule has 0 atom stereocenters. The summed E-state index contributed by atoms with van der Waals surface area (Å²) >= 11 is 1.07. The fraction of sp³-hybridized carbons (Fsp3) is 0.750. The Morgan fingerprint density at radius 1 is 1.58 bits per heavy atom. The lowest BCUT2D eigenvalue weighted by Gasteiger charge is -2.18. The van der Waals surface area contributed by atoms with E-state index in [1.165, 1.54) is 0 Å². The predicted molar refractivity (Wildman–Crippen MR) is 48.5 cm³/mol. The minimum absolute atomic E-state index is 0.245. The van der Waals surface area contributed by atoms with Gasteiger partial charge in [-0.3, -0.25) is 4.79 Å². The number of carbonyl (C=O) groups is 1. The van der Waals surface area contributed by atoms with E-state index in [9.17, 15) is 4.79 Å². The van der Waals surface area contributed by atoms with Crippen molar-refractivity contribution in [1.82, 2.24) is 0 Å². The van der Waals surface area contributed by atoms with Crippen molar-refractivity contribution < 1.29 is 9.53 Å². The van der Waals surface area contributed by atoms with Crippen LogP contribution < -0.4 is 0 Å². The Bertz CT molecular complexity index is 190. The number of carbonyl (C=O) groups excluding carboxylic acids is 1. The van der Waals surface area contributed by atoms with Crippen LogP contribution in [0, 0.1) is 10.7 Å². The number of rotatable bonds is 3. The first-order valence-corrected chi connectivity index (χ1v) is 4.67. The van der Waals surface area contributed by atoms with E-state index in [4.69, 9.17) is 10.00 Å². The van der Waals surface area contributed by atoms with Crippen LogP contribution in [0.5, 0.6) is 0 Å². The van der Waals surface area contributed by atoms with Gasteiger partial charge < -0.3 is 4.74 Å². The number of ether oxygens (including phenoxy) is 1. The summed E-state index contributed by atoms with van der Waals surface area (Å²) in [4.78, 5) is 11.0. The number of thiocyanates is 1. The summed E-state index contributed by atoms with van der Waals surface area (Å²) in [7, 11) is 0. The third kappa shape index (κ3) is 7.42. The molecule has 3 nitrogen and oxygen atoms in total. The highest BCUT2D eigenvalue weighted by Crippen LogP contribution is 2.09. The summed E-state index contributed by atoms with van der Waals surface area (Å²) in [6, 6.07) is 0. The van der Waals surface area contributed by atoms with Gasteiger partial charge in [0.25, 0.3) is 0 Å². The van der Waals surface area contributed by atoms with Crippen molar-refractivity contribution in [2.75, 3.05) is 5.75 Å². The van der Waals surface area contributed by atoms with Crippen molar-refractivity contribution >= 4 is 17.7 Å². The molecule has 0 aromatic carbocycles.